The summed E-state index contributed by atoms with van der Waals surface area (Å²) in [7, 11) is 0. The van der Waals surface area contributed by atoms with Crippen LogP contribution in [0.4, 0.5) is 0 Å². The highest BCUT2D eigenvalue weighted by atomic mass is 35.5. The number of rotatable bonds is 9. The molecule has 1 aliphatic carbocycles. The van der Waals surface area contributed by atoms with E-state index in [0.717, 1.165) is 36.8 Å². The van der Waals surface area contributed by atoms with Crippen molar-refractivity contribution in [2.24, 2.45) is 0 Å². The Kier molecular flexibility index (Phi) is 9.90. The molecule has 1 saturated carbocycles. The van der Waals surface area contributed by atoms with E-state index in [1.54, 1.807) is 35.2 Å². The Bertz CT molecular complexity index is 1170. The SMILES string of the molecule is O=C(NC1CCCCC1)C(Cc1ccccc1)N(Cc1c(Cl)cccc1Cl)C(=O)Cc1ccc(Cl)cc1. The van der Waals surface area contributed by atoms with Crippen molar-refractivity contribution in [2.75, 3.05) is 0 Å². The second-order valence-electron chi connectivity index (χ2n) is 9.57. The molecule has 4 rings (SSSR count). The van der Waals surface area contributed by atoms with E-state index in [9.17, 15) is 9.59 Å². The molecule has 2 amide bonds. The van der Waals surface area contributed by atoms with Crippen LogP contribution in [-0.2, 0) is 29.0 Å². The number of nitrogens with one attached hydrogen (secondary N) is 1. The van der Waals surface area contributed by atoms with Gasteiger partial charge in [-0.3, -0.25) is 9.59 Å². The number of benzene rings is 3. The van der Waals surface area contributed by atoms with E-state index in [1.807, 2.05) is 42.5 Å². The average Bonchev–Trinajstić information content (AvgIpc) is 2.90. The Morgan fingerprint density at radius 3 is 2.11 bits per heavy atom. The fraction of sp³-hybridized carbons (Fsp3) is 0.333. The van der Waals surface area contributed by atoms with Gasteiger partial charge in [0.25, 0.3) is 0 Å². The number of amides is 2. The summed E-state index contributed by atoms with van der Waals surface area (Å²) in [4.78, 5) is 29.3. The molecular weight excluding hydrogens is 527 g/mol. The summed E-state index contributed by atoms with van der Waals surface area (Å²) < 4.78 is 0. The summed E-state index contributed by atoms with van der Waals surface area (Å²) >= 11 is 19.1. The van der Waals surface area contributed by atoms with Crippen LogP contribution in [0.25, 0.3) is 0 Å². The van der Waals surface area contributed by atoms with Crippen molar-refractivity contribution in [3.63, 3.8) is 0 Å². The van der Waals surface area contributed by atoms with Crippen molar-refractivity contribution in [3.8, 4) is 0 Å². The predicted octanol–water partition coefficient (Wildman–Crippen LogP) is 7.28. The van der Waals surface area contributed by atoms with Crippen LogP contribution >= 0.6 is 34.8 Å². The van der Waals surface area contributed by atoms with E-state index in [2.05, 4.69) is 5.32 Å². The van der Waals surface area contributed by atoms with Crippen LogP contribution in [0.15, 0.2) is 72.8 Å². The van der Waals surface area contributed by atoms with Crippen LogP contribution < -0.4 is 5.32 Å². The van der Waals surface area contributed by atoms with Gasteiger partial charge in [-0.15, -0.1) is 0 Å². The Hall–Kier alpha value is -2.53. The molecule has 1 N–H and O–H groups in total. The molecule has 1 atom stereocenters. The third kappa shape index (κ3) is 7.73. The van der Waals surface area contributed by atoms with Gasteiger partial charge in [0.2, 0.25) is 11.8 Å². The topological polar surface area (TPSA) is 49.4 Å². The van der Waals surface area contributed by atoms with Crippen LogP contribution in [0.2, 0.25) is 15.1 Å². The normalized spacial score (nSPS) is 14.7. The van der Waals surface area contributed by atoms with Gasteiger partial charge in [-0.1, -0.05) is 103 Å². The maximum absolute atomic E-state index is 13.9. The van der Waals surface area contributed by atoms with Gasteiger partial charge in [0.1, 0.15) is 6.04 Å². The molecule has 0 bridgehead atoms. The molecule has 3 aromatic rings. The molecule has 1 unspecified atom stereocenters. The second-order valence-corrected chi connectivity index (χ2v) is 10.8. The molecule has 0 aromatic heterocycles. The Balaban J connectivity index is 1.68. The van der Waals surface area contributed by atoms with Crippen LogP contribution in [-0.4, -0.2) is 28.8 Å². The molecule has 194 valence electrons. The fourth-order valence-corrected chi connectivity index (χ4v) is 5.47. The van der Waals surface area contributed by atoms with E-state index in [0.29, 0.717) is 27.1 Å². The first kappa shape index (κ1) is 27.5. The zero-order valence-corrected chi connectivity index (χ0v) is 22.9. The maximum atomic E-state index is 13.9. The third-order valence-electron chi connectivity index (χ3n) is 6.88. The van der Waals surface area contributed by atoms with Gasteiger partial charge in [0, 0.05) is 39.6 Å². The zero-order valence-electron chi connectivity index (χ0n) is 20.6. The molecular formula is C30H31Cl3N2O2. The lowest BCUT2D eigenvalue weighted by atomic mass is 9.94. The Labute approximate surface area is 233 Å². The summed E-state index contributed by atoms with van der Waals surface area (Å²) in [6.45, 7) is 0.126. The van der Waals surface area contributed by atoms with E-state index in [1.165, 1.54) is 6.42 Å². The molecule has 4 nitrogen and oxygen atoms in total. The minimum absolute atomic E-state index is 0.122. The van der Waals surface area contributed by atoms with Crippen LogP contribution in [0, 0.1) is 0 Å². The number of hydrogen-bond donors (Lipinski definition) is 1. The first-order chi connectivity index (χ1) is 17.9. The highest BCUT2D eigenvalue weighted by Crippen LogP contribution is 2.28. The number of carbonyl (C=O) groups is 2. The minimum Gasteiger partial charge on any atom is -0.352 e. The number of hydrogen-bond acceptors (Lipinski definition) is 2. The highest BCUT2D eigenvalue weighted by molar-refractivity contribution is 6.36. The number of halogens is 3. The molecule has 37 heavy (non-hydrogen) atoms. The van der Waals surface area contributed by atoms with Gasteiger partial charge < -0.3 is 10.2 Å². The molecule has 0 spiro atoms. The van der Waals surface area contributed by atoms with Gasteiger partial charge >= 0.3 is 0 Å². The van der Waals surface area contributed by atoms with Crippen molar-refractivity contribution in [2.45, 2.75) is 63.6 Å². The van der Waals surface area contributed by atoms with Crippen molar-refractivity contribution in [3.05, 3.63) is 105 Å². The predicted molar refractivity (Wildman–Crippen MR) is 151 cm³/mol. The maximum Gasteiger partial charge on any atom is 0.243 e. The summed E-state index contributed by atoms with van der Waals surface area (Å²) in [5.41, 5.74) is 2.41. The lowest BCUT2D eigenvalue weighted by molar-refractivity contribution is -0.141. The van der Waals surface area contributed by atoms with Crippen molar-refractivity contribution in [1.82, 2.24) is 10.2 Å². The first-order valence-corrected chi connectivity index (χ1v) is 13.8. The molecule has 0 saturated heterocycles. The van der Waals surface area contributed by atoms with Crippen molar-refractivity contribution in [1.29, 1.82) is 0 Å². The minimum atomic E-state index is -0.725. The molecule has 0 aliphatic heterocycles. The third-order valence-corrected chi connectivity index (χ3v) is 7.84. The Morgan fingerprint density at radius 2 is 1.46 bits per heavy atom. The van der Waals surface area contributed by atoms with Crippen molar-refractivity contribution < 1.29 is 9.59 Å². The summed E-state index contributed by atoms with van der Waals surface area (Å²) in [6, 6.07) is 21.6. The van der Waals surface area contributed by atoms with Gasteiger partial charge in [-0.2, -0.15) is 0 Å². The number of carbonyl (C=O) groups excluding carboxylic acids is 2. The monoisotopic (exact) mass is 556 g/mol. The van der Waals surface area contributed by atoms with E-state index in [-0.39, 0.29) is 30.8 Å². The van der Waals surface area contributed by atoms with Crippen LogP contribution in [0.1, 0.15) is 48.8 Å². The highest BCUT2D eigenvalue weighted by Gasteiger charge is 2.32. The fourth-order valence-electron chi connectivity index (χ4n) is 4.83. The van der Waals surface area contributed by atoms with Gasteiger partial charge in [0.15, 0.2) is 0 Å². The van der Waals surface area contributed by atoms with E-state index in [4.69, 9.17) is 34.8 Å². The smallest absolute Gasteiger partial charge is 0.243 e. The summed E-state index contributed by atoms with van der Waals surface area (Å²) in [5, 5.41) is 4.77. The van der Waals surface area contributed by atoms with E-state index >= 15 is 0 Å². The van der Waals surface area contributed by atoms with Crippen LogP contribution in [0.5, 0.6) is 0 Å². The van der Waals surface area contributed by atoms with Crippen LogP contribution in [0.3, 0.4) is 0 Å². The largest absolute Gasteiger partial charge is 0.352 e. The molecule has 7 heteroatoms. The summed E-state index contributed by atoms with van der Waals surface area (Å²) in [5.74, 6) is -0.332. The summed E-state index contributed by atoms with van der Waals surface area (Å²) in [6.07, 6.45) is 5.81. The zero-order chi connectivity index (χ0) is 26.2. The van der Waals surface area contributed by atoms with E-state index < -0.39 is 6.04 Å². The molecule has 3 aromatic carbocycles. The lowest BCUT2D eigenvalue weighted by Crippen LogP contribution is -2.53. The molecule has 1 aliphatic rings. The van der Waals surface area contributed by atoms with Gasteiger partial charge in [-0.05, 0) is 48.2 Å². The molecule has 1 fully saturated rings. The standard InChI is InChI=1S/C30H31Cl3N2O2/c31-23-16-14-22(15-17-23)19-29(36)35(20-25-26(32)12-7-13-27(25)33)28(18-21-8-3-1-4-9-21)30(37)34-24-10-5-2-6-11-24/h1,3-4,7-9,12-17,24,28H,2,5-6,10-11,18-20H2,(H,34,37). The molecule has 0 heterocycles. The molecule has 0 radical (unpaired) electrons. The van der Waals surface area contributed by atoms with Crippen molar-refractivity contribution >= 4 is 46.6 Å². The van der Waals surface area contributed by atoms with Gasteiger partial charge in [0.05, 0.1) is 6.42 Å². The second kappa shape index (κ2) is 13.3. The van der Waals surface area contributed by atoms with Gasteiger partial charge in [-0.25, -0.2) is 0 Å². The lowest BCUT2D eigenvalue weighted by Gasteiger charge is -2.34. The Morgan fingerprint density at radius 1 is 0.811 bits per heavy atom. The first-order valence-electron chi connectivity index (χ1n) is 12.7. The number of nitrogens with zero attached hydrogens (tertiary/aromatic N) is 1. The quantitative estimate of drug-likeness (QED) is 0.301. The average molecular weight is 558 g/mol.